The van der Waals surface area contributed by atoms with Crippen LogP contribution in [0.1, 0.15) is 0 Å². The Bertz CT molecular complexity index is 2170. The number of para-hydroxylation sites is 2. The van der Waals surface area contributed by atoms with Gasteiger partial charge in [0, 0.05) is 39.3 Å². The maximum atomic E-state index is 2.56. The quantitative estimate of drug-likeness (QED) is 0.204. The average molecular weight is 546 g/mol. The third-order valence-electron chi connectivity index (χ3n) is 9.03. The molecule has 0 saturated heterocycles. The first-order chi connectivity index (χ1) is 21.4. The largest absolute Gasteiger partial charge is 0.376 e. The summed E-state index contributed by atoms with van der Waals surface area (Å²) >= 11 is 0. The number of rotatable bonds is 3. The minimum atomic E-state index is 0.115. The zero-order valence-electron chi connectivity index (χ0n) is 23.6. The second-order valence-corrected chi connectivity index (χ2v) is 11.3. The monoisotopic (exact) mass is 546 g/mol. The van der Waals surface area contributed by atoms with Crippen molar-refractivity contribution in [3.8, 4) is 22.3 Å². The molecule has 3 heteroatoms. The lowest BCUT2D eigenvalue weighted by Crippen LogP contribution is -2.59. The first kappa shape index (κ1) is 24.1. The fourth-order valence-electron chi connectivity index (χ4n) is 7.22. The highest BCUT2D eigenvalue weighted by Crippen LogP contribution is 2.48. The van der Waals surface area contributed by atoms with E-state index in [1.54, 1.807) is 0 Å². The molecule has 0 amide bonds. The number of nitrogens with zero attached hydrogens (tertiary/aromatic N) is 2. The van der Waals surface area contributed by atoms with Crippen molar-refractivity contribution in [2.45, 2.75) is 0 Å². The second-order valence-electron chi connectivity index (χ2n) is 11.3. The number of hydrogen-bond acceptors (Lipinski definition) is 2. The van der Waals surface area contributed by atoms with E-state index in [9.17, 15) is 0 Å². The maximum absolute atomic E-state index is 2.56. The Hall–Kier alpha value is -5.54. The standard InChI is InChI=1S/C40H27BN2/c1-2-15-29(16-3-1)42(38-24-12-14-28-13-4-5-17-31(28)38)30-25-26-40-35(27-30)33-19-7-10-22-37(33)41-36-21-9-6-18-32(36)34-20-8-11-23-39(34)43(40)41/h1-27H. The Balaban J connectivity index is 1.31. The van der Waals surface area contributed by atoms with Crippen LogP contribution in [-0.4, -0.2) is 6.85 Å². The highest BCUT2D eigenvalue weighted by Gasteiger charge is 2.42. The molecule has 0 unspecified atom stereocenters. The third-order valence-corrected chi connectivity index (χ3v) is 9.03. The van der Waals surface area contributed by atoms with E-state index in [-0.39, 0.29) is 6.85 Å². The molecule has 0 fully saturated rings. The van der Waals surface area contributed by atoms with Crippen molar-refractivity contribution in [2.75, 3.05) is 9.71 Å². The first-order valence-electron chi connectivity index (χ1n) is 14.9. The van der Waals surface area contributed by atoms with E-state index in [0.717, 1.165) is 11.4 Å². The SMILES string of the molecule is c1ccc(N(c2ccc3c(c2)-c2ccccc2B2c4ccccc4-c4ccccc4N23)c2cccc3ccccc23)cc1. The Labute approximate surface area is 252 Å². The molecule has 0 atom stereocenters. The maximum Gasteiger partial charge on any atom is 0.329 e. The van der Waals surface area contributed by atoms with Crippen LogP contribution in [0.15, 0.2) is 164 Å². The van der Waals surface area contributed by atoms with E-state index in [0.29, 0.717) is 0 Å². The van der Waals surface area contributed by atoms with Gasteiger partial charge in [0.2, 0.25) is 0 Å². The summed E-state index contributed by atoms with van der Waals surface area (Å²) in [6.45, 7) is 0.115. The summed E-state index contributed by atoms with van der Waals surface area (Å²) in [7, 11) is 0. The molecular weight excluding hydrogens is 519 g/mol. The molecule has 0 radical (unpaired) electrons. The predicted octanol–water partition coefficient (Wildman–Crippen LogP) is 9.21. The molecule has 9 rings (SSSR count). The molecule has 7 aromatic carbocycles. The summed E-state index contributed by atoms with van der Waals surface area (Å²) in [5, 5.41) is 2.46. The fourth-order valence-corrected chi connectivity index (χ4v) is 7.22. The van der Waals surface area contributed by atoms with E-state index < -0.39 is 0 Å². The van der Waals surface area contributed by atoms with Gasteiger partial charge in [-0.05, 0) is 69.9 Å². The predicted molar refractivity (Wildman–Crippen MR) is 183 cm³/mol. The van der Waals surface area contributed by atoms with Gasteiger partial charge >= 0.3 is 6.85 Å². The van der Waals surface area contributed by atoms with Crippen molar-refractivity contribution in [2.24, 2.45) is 0 Å². The first-order valence-corrected chi connectivity index (χ1v) is 14.9. The highest BCUT2D eigenvalue weighted by atomic mass is 15.1. The summed E-state index contributed by atoms with van der Waals surface area (Å²) in [5.41, 5.74) is 13.8. The van der Waals surface area contributed by atoms with Crippen LogP contribution in [0.25, 0.3) is 33.0 Å². The Morgan fingerprint density at radius 2 is 1.02 bits per heavy atom. The summed E-state index contributed by atoms with van der Waals surface area (Å²) in [6.07, 6.45) is 0. The van der Waals surface area contributed by atoms with Gasteiger partial charge in [-0.1, -0.05) is 121 Å². The molecule has 2 heterocycles. The van der Waals surface area contributed by atoms with E-state index >= 15 is 0 Å². The van der Waals surface area contributed by atoms with Crippen LogP contribution in [0.3, 0.4) is 0 Å². The minimum absolute atomic E-state index is 0.115. The van der Waals surface area contributed by atoms with Gasteiger partial charge in [0.25, 0.3) is 0 Å². The lowest BCUT2D eigenvalue weighted by atomic mass is 9.43. The molecular formula is C40H27BN2. The van der Waals surface area contributed by atoms with Crippen molar-refractivity contribution in [1.29, 1.82) is 0 Å². The van der Waals surface area contributed by atoms with Gasteiger partial charge < -0.3 is 9.71 Å². The smallest absolute Gasteiger partial charge is 0.329 e. The number of anilines is 5. The van der Waals surface area contributed by atoms with E-state index in [2.05, 4.69) is 174 Å². The highest BCUT2D eigenvalue weighted by molar-refractivity contribution is 6.92. The van der Waals surface area contributed by atoms with E-state index in [4.69, 9.17) is 0 Å². The summed E-state index contributed by atoms with van der Waals surface area (Å²) in [5.74, 6) is 0. The zero-order chi connectivity index (χ0) is 28.3. The lowest BCUT2D eigenvalue weighted by Gasteiger charge is -2.43. The van der Waals surface area contributed by atoms with Crippen molar-refractivity contribution < 1.29 is 0 Å². The van der Waals surface area contributed by atoms with Crippen LogP contribution in [0.5, 0.6) is 0 Å². The molecule has 2 aliphatic rings. The molecule has 2 nitrogen and oxygen atoms in total. The van der Waals surface area contributed by atoms with Crippen molar-refractivity contribution in [3.05, 3.63) is 164 Å². The normalized spacial score (nSPS) is 12.6. The van der Waals surface area contributed by atoms with Gasteiger partial charge in [-0.3, -0.25) is 0 Å². The Morgan fingerprint density at radius 1 is 0.419 bits per heavy atom. The van der Waals surface area contributed by atoms with Gasteiger partial charge in [-0.15, -0.1) is 0 Å². The molecule has 0 aromatic heterocycles. The Kier molecular flexibility index (Phi) is 5.33. The van der Waals surface area contributed by atoms with Crippen LogP contribution >= 0.6 is 0 Å². The van der Waals surface area contributed by atoms with E-state index in [1.807, 2.05) is 0 Å². The zero-order valence-corrected chi connectivity index (χ0v) is 23.6. The lowest BCUT2D eigenvalue weighted by molar-refractivity contribution is 1.28. The van der Waals surface area contributed by atoms with Crippen LogP contribution < -0.4 is 20.6 Å². The number of fused-ring (bicyclic) bond motifs is 12. The van der Waals surface area contributed by atoms with Gasteiger partial charge in [-0.25, -0.2) is 0 Å². The topological polar surface area (TPSA) is 6.48 Å². The average Bonchev–Trinajstić information content (AvgIpc) is 3.09. The molecule has 200 valence electrons. The molecule has 2 aliphatic heterocycles. The van der Waals surface area contributed by atoms with Crippen LogP contribution in [0.4, 0.5) is 28.4 Å². The van der Waals surface area contributed by atoms with Gasteiger partial charge in [0.05, 0.1) is 5.69 Å². The van der Waals surface area contributed by atoms with Gasteiger partial charge in [0.15, 0.2) is 0 Å². The van der Waals surface area contributed by atoms with Gasteiger partial charge in [-0.2, -0.15) is 0 Å². The Morgan fingerprint density at radius 3 is 1.84 bits per heavy atom. The van der Waals surface area contributed by atoms with Crippen molar-refractivity contribution >= 4 is 57.0 Å². The molecule has 0 N–H and O–H groups in total. The molecule has 7 aromatic rings. The van der Waals surface area contributed by atoms with Crippen LogP contribution in [0.2, 0.25) is 0 Å². The van der Waals surface area contributed by atoms with Crippen LogP contribution in [0, 0.1) is 0 Å². The second kappa shape index (κ2) is 9.50. The summed E-state index contributed by atoms with van der Waals surface area (Å²) in [6, 6.07) is 59.7. The van der Waals surface area contributed by atoms with Crippen molar-refractivity contribution in [3.63, 3.8) is 0 Å². The van der Waals surface area contributed by atoms with Gasteiger partial charge in [0.1, 0.15) is 0 Å². The molecule has 0 spiro atoms. The number of hydrogen-bond donors (Lipinski definition) is 0. The summed E-state index contributed by atoms with van der Waals surface area (Å²) in [4.78, 5) is 4.96. The molecule has 0 saturated carbocycles. The molecule has 0 bridgehead atoms. The molecule has 0 aliphatic carbocycles. The van der Waals surface area contributed by atoms with Crippen molar-refractivity contribution in [1.82, 2.24) is 0 Å². The molecule has 43 heavy (non-hydrogen) atoms. The minimum Gasteiger partial charge on any atom is -0.376 e. The fraction of sp³-hybridized carbons (Fsp3) is 0. The summed E-state index contributed by atoms with van der Waals surface area (Å²) < 4.78 is 0. The number of benzene rings is 7. The third kappa shape index (κ3) is 3.61. The van der Waals surface area contributed by atoms with Crippen LogP contribution in [-0.2, 0) is 0 Å². The van der Waals surface area contributed by atoms with E-state index in [1.165, 1.54) is 61.0 Å².